The van der Waals surface area contributed by atoms with Crippen LogP contribution in [0.5, 0.6) is 0 Å². The van der Waals surface area contributed by atoms with Crippen LogP contribution in [0.4, 0.5) is 10.5 Å². The zero-order chi connectivity index (χ0) is 17.7. The lowest BCUT2D eigenvalue weighted by atomic mass is 10.1. The number of hydrogen-bond donors (Lipinski definition) is 1. The lowest BCUT2D eigenvalue weighted by molar-refractivity contribution is 0.0528. The van der Waals surface area contributed by atoms with Crippen molar-refractivity contribution in [2.45, 2.75) is 45.3 Å². The van der Waals surface area contributed by atoms with Crippen LogP contribution < -0.4 is 10.2 Å². The van der Waals surface area contributed by atoms with Gasteiger partial charge in [-0.1, -0.05) is 12.1 Å². The molecule has 5 heteroatoms. The van der Waals surface area contributed by atoms with Crippen molar-refractivity contribution in [3.8, 4) is 0 Å². The van der Waals surface area contributed by atoms with E-state index in [0.717, 1.165) is 19.5 Å². The summed E-state index contributed by atoms with van der Waals surface area (Å²) in [6, 6.07) is 9.24. The van der Waals surface area contributed by atoms with E-state index in [0.29, 0.717) is 12.6 Å². The number of amides is 1. The third kappa shape index (κ3) is 5.71. The topological polar surface area (TPSA) is 44.8 Å². The van der Waals surface area contributed by atoms with E-state index in [9.17, 15) is 4.79 Å². The number of nitrogens with zero attached hydrogens (tertiary/aromatic N) is 2. The molecule has 0 aromatic heterocycles. The Labute approximate surface area is 146 Å². The zero-order valence-electron chi connectivity index (χ0n) is 15.6. The van der Waals surface area contributed by atoms with Gasteiger partial charge in [0.25, 0.3) is 0 Å². The number of benzene rings is 1. The number of rotatable bonds is 5. The first kappa shape index (κ1) is 18.6. The summed E-state index contributed by atoms with van der Waals surface area (Å²) in [5.41, 5.74) is 2.05. The van der Waals surface area contributed by atoms with Crippen LogP contribution in [-0.2, 0) is 11.2 Å². The van der Waals surface area contributed by atoms with Crippen molar-refractivity contribution in [2.75, 3.05) is 38.6 Å². The Morgan fingerprint density at radius 3 is 2.75 bits per heavy atom. The van der Waals surface area contributed by atoms with Crippen LogP contribution in [0.15, 0.2) is 24.3 Å². The molecule has 134 valence electrons. The van der Waals surface area contributed by atoms with Crippen molar-refractivity contribution in [3.63, 3.8) is 0 Å². The second-order valence-corrected chi connectivity index (χ2v) is 7.70. The third-order valence-corrected chi connectivity index (χ3v) is 4.25. The van der Waals surface area contributed by atoms with Crippen LogP contribution in [-0.4, -0.2) is 56.4 Å². The number of carbonyl (C=O) groups excluding carboxylic acids is 1. The van der Waals surface area contributed by atoms with Crippen molar-refractivity contribution in [1.82, 2.24) is 10.2 Å². The normalized spacial score (nSPS) is 18.1. The highest BCUT2D eigenvalue weighted by atomic mass is 16.6. The molecular weight excluding hydrogens is 302 g/mol. The number of likely N-dealkylation sites (N-methyl/N-ethyl adjacent to an activating group) is 1. The van der Waals surface area contributed by atoms with Gasteiger partial charge in [0.2, 0.25) is 0 Å². The molecule has 1 amide bonds. The highest BCUT2D eigenvalue weighted by molar-refractivity contribution is 5.67. The molecule has 24 heavy (non-hydrogen) atoms. The van der Waals surface area contributed by atoms with Crippen LogP contribution in [0.25, 0.3) is 0 Å². The quantitative estimate of drug-likeness (QED) is 0.900. The first-order valence-corrected chi connectivity index (χ1v) is 8.72. The van der Waals surface area contributed by atoms with E-state index in [1.165, 1.54) is 17.7 Å². The van der Waals surface area contributed by atoms with Gasteiger partial charge in [-0.15, -0.1) is 0 Å². The highest BCUT2D eigenvalue weighted by Crippen LogP contribution is 2.23. The molecule has 1 fully saturated rings. The lowest BCUT2D eigenvalue weighted by Gasteiger charge is -2.22. The van der Waals surface area contributed by atoms with Gasteiger partial charge in [-0.05, 0) is 65.4 Å². The Morgan fingerprint density at radius 2 is 2.12 bits per heavy atom. The van der Waals surface area contributed by atoms with E-state index in [2.05, 4.69) is 53.5 Å². The second kappa shape index (κ2) is 7.88. The Hall–Kier alpha value is -1.75. The van der Waals surface area contributed by atoms with Gasteiger partial charge in [0.05, 0.1) is 0 Å². The fourth-order valence-electron chi connectivity index (χ4n) is 2.93. The van der Waals surface area contributed by atoms with E-state index in [1.807, 2.05) is 20.8 Å². The monoisotopic (exact) mass is 333 g/mol. The van der Waals surface area contributed by atoms with E-state index < -0.39 is 5.60 Å². The van der Waals surface area contributed by atoms with Crippen LogP contribution in [0, 0.1) is 0 Å². The van der Waals surface area contributed by atoms with E-state index in [4.69, 9.17) is 4.74 Å². The van der Waals surface area contributed by atoms with Gasteiger partial charge in [-0.3, -0.25) is 0 Å². The van der Waals surface area contributed by atoms with Crippen molar-refractivity contribution in [2.24, 2.45) is 0 Å². The largest absolute Gasteiger partial charge is 0.444 e. The molecule has 0 spiro atoms. The van der Waals surface area contributed by atoms with Gasteiger partial charge in [0, 0.05) is 31.4 Å². The molecule has 1 N–H and O–H groups in total. The average molecular weight is 333 g/mol. The maximum Gasteiger partial charge on any atom is 0.407 e. The first-order chi connectivity index (χ1) is 11.2. The van der Waals surface area contributed by atoms with Crippen LogP contribution in [0.3, 0.4) is 0 Å². The minimum absolute atomic E-state index is 0.355. The summed E-state index contributed by atoms with van der Waals surface area (Å²) in [6.07, 6.45) is 1.65. The van der Waals surface area contributed by atoms with Gasteiger partial charge < -0.3 is 19.9 Å². The summed E-state index contributed by atoms with van der Waals surface area (Å²) >= 11 is 0. The summed E-state index contributed by atoms with van der Waals surface area (Å²) in [5.74, 6) is 0. The molecule has 0 radical (unpaired) electrons. The predicted molar refractivity (Wildman–Crippen MR) is 98.7 cm³/mol. The van der Waals surface area contributed by atoms with Gasteiger partial charge in [-0.25, -0.2) is 4.79 Å². The van der Waals surface area contributed by atoms with Crippen LogP contribution in [0.2, 0.25) is 0 Å². The molecule has 1 heterocycles. The highest BCUT2D eigenvalue weighted by Gasteiger charge is 2.24. The summed E-state index contributed by atoms with van der Waals surface area (Å²) in [4.78, 5) is 16.4. The van der Waals surface area contributed by atoms with Crippen molar-refractivity contribution >= 4 is 11.8 Å². The maximum absolute atomic E-state index is 11.7. The molecule has 1 aliphatic heterocycles. The third-order valence-electron chi connectivity index (χ3n) is 4.25. The summed E-state index contributed by atoms with van der Waals surface area (Å²) < 4.78 is 5.25. The van der Waals surface area contributed by atoms with Gasteiger partial charge in [0.15, 0.2) is 0 Å². The van der Waals surface area contributed by atoms with Crippen molar-refractivity contribution in [3.05, 3.63) is 29.8 Å². The predicted octanol–water partition coefficient (Wildman–Crippen LogP) is 2.89. The van der Waals surface area contributed by atoms with Crippen LogP contribution in [0.1, 0.15) is 32.8 Å². The molecule has 0 bridgehead atoms. The smallest absolute Gasteiger partial charge is 0.407 e. The summed E-state index contributed by atoms with van der Waals surface area (Å²) in [6.45, 7) is 8.36. The number of hydrogen-bond acceptors (Lipinski definition) is 4. The molecule has 2 rings (SSSR count). The Bertz CT molecular complexity index is 552. The number of ether oxygens (including phenoxy) is 1. The van der Waals surface area contributed by atoms with E-state index in [1.54, 1.807) is 0 Å². The lowest BCUT2D eigenvalue weighted by Crippen LogP contribution is -2.33. The van der Waals surface area contributed by atoms with Gasteiger partial charge in [-0.2, -0.15) is 0 Å². The molecule has 1 atom stereocenters. The van der Waals surface area contributed by atoms with E-state index >= 15 is 0 Å². The Morgan fingerprint density at radius 1 is 1.38 bits per heavy atom. The fraction of sp³-hybridized carbons (Fsp3) is 0.632. The number of anilines is 1. The second-order valence-electron chi connectivity index (χ2n) is 7.70. The average Bonchev–Trinajstić information content (AvgIpc) is 2.95. The van der Waals surface area contributed by atoms with Crippen LogP contribution >= 0.6 is 0 Å². The molecule has 5 nitrogen and oxygen atoms in total. The zero-order valence-corrected chi connectivity index (χ0v) is 15.6. The Balaban J connectivity index is 1.84. The molecule has 0 saturated carbocycles. The van der Waals surface area contributed by atoms with Crippen molar-refractivity contribution < 1.29 is 9.53 Å². The number of alkyl carbamates (subject to hydrolysis) is 1. The van der Waals surface area contributed by atoms with Gasteiger partial charge in [0.1, 0.15) is 5.60 Å². The minimum atomic E-state index is -0.456. The molecule has 0 aliphatic carbocycles. The Kier molecular flexibility index (Phi) is 6.10. The minimum Gasteiger partial charge on any atom is -0.444 e. The molecule has 1 saturated heterocycles. The van der Waals surface area contributed by atoms with Crippen molar-refractivity contribution in [1.29, 1.82) is 0 Å². The van der Waals surface area contributed by atoms with Gasteiger partial charge >= 0.3 is 6.09 Å². The SMILES string of the molecule is CN(C)C1CCN(c2cccc(CCNC(=O)OC(C)(C)C)c2)C1. The summed E-state index contributed by atoms with van der Waals surface area (Å²) in [5, 5.41) is 2.82. The molecule has 1 aromatic carbocycles. The molecule has 1 aliphatic rings. The first-order valence-electron chi connectivity index (χ1n) is 8.72. The molecule has 1 unspecified atom stereocenters. The number of nitrogens with one attached hydrogen (secondary N) is 1. The molecule has 1 aromatic rings. The fourth-order valence-corrected chi connectivity index (χ4v) is 2.93. The van der Waals surface area contributed by atoms with E-state index in [-0.39, 0.29) is 6.09 Å². The maximum atomic E-state index is 11.7. The molecular formula is C19H31N3O2. The number of carbonyl (C=O) groups is 1. The summed E-state index contributed by atoms with van der Waals surface area (Å²) in [7, 11) is 4.29. The standard InChI is InChI=1S/C19H31N3O2/c1-19(2,3)24-18(23)20-11-9-15-7-6-8-16(13-15)22-12-10-17(14-22)21(4)5/h6-8,13,17H,9-12,14H2,1-5H3,(H,20,23).